The molecule has 120 valence electrons. The standard InChI is InChI=1S/C16H16ClN3O2S/c17-12-1-2-14(18-9-12)16(22)20-6-3-13(4-7-20)19-15(21)11-5-8-23-10-11/h1-2,5,8-10,13H,3-4,6-7H2,(H,19,21). The van der Waals surface area contributed by atoms with Crippen molar-refractivity contribution in [1.82, 2.24) is 15.2 Å². The number of aromatic nitrogens is 1. The molecule has 1 N–H and O–H groups in total. The van der Waals surface area contributed by atoms with Crippen LogP contribution in [0.3, 0.4) is 0 Å². The molecule has 0 radical (unpaired) electrons. The summed E-state index contributed by atoms with van der Waals surface area (Å²) in [5.41, 5.74) is 1.09. The zero-order valence-electron chi connectivity index (χ0n) is 12.4. The second-order valence-corrected chi connectivity index (χ2v) is 6.63. The third-order valence-corrected chi connectivity index (χ3v) is 4.75. The SMILES string of the molecule is O=C(NC1CCN(C(=O)c2ccc(Cl)cn2)CC1)c1ccsc1. The van der Waals surface area contributed by atoms with E-state index < -0.39 is 0 Å². The van der Waals surface area contributed by atoms with Gasteiger partial charge in [0.25, 0.3) is 11.8 Å². The molecule has 2 amide bonds. The third kappa shape index (κ3) is 3.89. The van der Waals surface area contributed by atoms with E-state index in [0.29, 0.717) is 29.4 Å². The lowest BCUT2D eigenvalue weighted by molar-refractivity contribution is 0.0692. The summed E-state index contributed by atoms with van der Waals surface area (Å²) in [7, 11) is 0. The van der Waals surface area contributed by atoms with E-state index in [2.05, 4.69) is 10.3 Å². The quantitative estimate of drug-likeness (QED) is 0.926. The summed E-state index contributed by atoms with van der Waals surface area (Å²) < 4.78 is 0. The first-order valence-corrected chi connectivity index (χ1v) is 8.69. The molecule has 5 nitrogen and oxygen atoms in total. The highest BCUT2D eigenvalue weighted by Gasteiger charge is 2.25. The highest BCUT2D eigenvalue weighted by atomic mass is 35.5. The van der Waals surface area contributed by atoms with Crippen LogP contribution < -0.4 is 5.32 Å². The van der Waals surface area contributed by atoms with Crippen LogP contribution >= 0.6 is 22.9 Å². The number of rotatable bonds is 3. The van der Waals surface area contributed by atoms with Crippen molar-refractivity contribution in [2.45, 2.75) is 18.9 Å². The van der Waals surface area contributed by atoms with Gasteiger partial charge < -0.3 is 10.2 Å². The second kappa shape index (κ2) is 7.10. The lowest BCUT2D eigenvalue weighted by Gasteiger charge is -2.32. The lowest BCUT2D eigenvalue weighted by Crippen LogP contribution is -2.46. The minimum atomic E-state index is -0.0933. The summed E-state index contributed by atoms with van der Waals surface area (Å²) in [6.07, 6.45) is 2.97. The van der Waals surface area contributed by atoms with Crippen molar-refractivity contribution in [3.05, 3.63) is 51.4 Å². The minimum Gasteiger partial charge on any atom is -0.349 e. The van der Waals surface area contributed by atoms with Crippen molar-refractivity contribution in [1.29, 1.82) is 0 Å². The van der Waals surface area contributed by atoms with E-state index in [-0.39, 0.29) is 17.9 Å². The van der Waals surface area contributed by atoms with E-state index >= 15 is 0 Å². The van der Waals surface area contributed by atoms with Gasteiger partial charge in [-0.1, -0.05) is 11.6 Å². The lowest BCUT2D eigenvalue weighted by atomic mass is 10.0. The van der Waals surface area contributed by atoms with Gasteiger partial charge in [0, 0.05) is 36.3 Å². The van der Waals surface area contributed by atoms with Crippen molar-refractivity contribution < 1.29 is 9.59 Å². The van der Waals surface area contributed by atoms with Gasteiger partial charge in [-0.05, 0) is 36.4 Å². The van der Waals surface area contributed by atoms with Gasteiger partial charge in [0.1, 0.15) is 5.69 Å². The molecule has 0 aliphatic carbocycles. The van der Waals surface area contributed by atoms with Crippen LogP contribution in [0.1, 0.15) is 33.7 Å². The number of halogens is 1. The molecule has 0 atom stereocenters. The fourth-order valence-electron chi connectivity index (χ4n) is 2.55. The molecule has 0 saturated carbocycles. The topological polar surface area (TPSA) is 62.3 Å². The van der Waals surface area contributed by atoms with Gasteiger partial charge in [0.15, 0.2) is 0 Å². The predicted octanol–water partition coefficient (Wildman–Crippen LogP) is 2.83. The molecule has 0 bridgehead atoms. The van der Waals surface area contributed by atoms with Gasteiger partial charge in [-0.25, -0.2) is 4.98 Å². The average Bonchev–Trinajstić information content (AvgIpc) is 3.10. The number of thiophene rings is 1. The molecule has 0 aromatic carbocycles. The van der Waals surface area contributed by atoms with Gasteiger partial charge in [0.05, 0.1) is 5.02 Å². The number of pyridine rings is 1. The van der Waals surface area contributed by atoms with Gasteiger partial charge in [-0.2, -0.15) is 11.3 Å². The van der Waals surface area contributed by atoms with Crippen LogP contribution in [-0.2, 0) is 0 Å². The Hall–Kier alpha value is -1.92. The molecular formula is C16H16ClN3O2S. The largest absolute Gasteiger partial charge is 0.349 e. The van der Waals surface area contributed by atoms with Gasteiger partial charge in [0.2, 0.25) is 0 Å². The molecule has 1 aliphatic rings. The maximum Gasteiger partial charge on any atom is 0.272 e. The molecule has 1 fully saturated rings. The van der Waals surface area contributed by atoms with Crippen LogP contribution in [0.25, 0.3) is 0 Å². The highest BCUT2D eigenvalue weighted by Crippen LogP contribution is 2.15. The van der Waals surface area contributed by atoms with E-state index in [9.17, 15) is 9.59 Å². The first-order valence-electron chi connectivity index (χ1n) is 7.37. The normalized spacial score (nSPS) is 15.4. The molecule has 7 heteroatoms. The molecule has 0 unspecified atom stereocenters. The predicted molar refractivity (Wildman–Crippen MR) is 90.0 cm³/mol. The Morgan fingerprint density at radius 3 is 2.65 bits per heavy atom. The Balaban J connectivity index is 1.53. The van der Waals surface area contributed by atoms with E-state index in [1.807, 2.05) is 16.8 Å². The summed E-state index contributed by atoms with van der Waals surface area (Å²) in [4.78, 5) is 30.2. The molecule has 2 aromatic rings. The van der Waals surface area contributed by atoms with Crippen molar-refractivity contribution in [3.63, 3.8) is 0 Å². The maximum absolute atomic E-state index is 12.4. The molecule has 2 aromatic heterocycles. The summed E-state index contributed by atoms with van der Waals surface area (Å²) in [5, 5.41) is 7.25. The molecule has 1 aliphatic heterocycles. The van der Waals surface area contributed by atoms with Crippen LogP contribution in [-0.4, -0.2) is 40.8 Å². The Morgan fingerprint density at radius 2 is 2.04 bits per heavy atom. The number of piperidine rings is 1. The van der Waals surface area contributed by atoms with E-state index in [4.69, 9.17) is 11.6 Å². The zero-order chi connectivity index (χ0) is 16.2. The summed E-state index contributed by atoms with van der Waals surface area (Å²) >= 11 is 7.29. The Bertz CT molecular complexity index is 680. The van der Waals surface area contributed by atoms with Crippen LogP contribution in [0.4, 0.5) is 0 Å². The van der Waals surface area contributed by atoms with Crippen LogP contribution in [0.15, 0.2) is 35.2 Å². The highest BCUT2D eigenvalue weighted by molar-refractivity contribution is 7.08. The van der Waals surface area contributed by atoms with Crippen molar-refractivity contribution >= 4 is 34.8 Å². The number of nitrogens with zero attached hydrogens (tertiary/aromatic N) is 2. The third-order valence-electron chi connectivity index (χ3n) is 3.85. The van der Waals surface area contributed by atoms with Crippen LogP contribution in [0.5, 0.6) is 0 Å². The number of hydrogen-bond donors (Lipinski definition) is 1. The number of carbonyl (C=O) groups excluding carboxylic acids is 2. The van der Waals surface area contributed by atoms with Crippen LogP contribution in [0, 0.1) is 0 Å². The molecule has 1 saturated heterocycles. The summed E-state index contributed by atoms with van der Waals surface area (Å²) in [6, 6.07) is 5.21. The number of likely N-dealkylation sites (tertiary alicyclic amines) is 1. The first-order chi connectivity index (χ1) is 11.1. The van der Waals surface area contributed by atoms with Gasteiger partial charge in [-0.15, -0.1) is 0 Å². The molecule has 0 spiro atoms. The van der Waals surface area contributed by atoms with E-state index in [1.54, 1.807) is 17.0 Å². The van der Waals surface area contributed by atoms with Crippen molar-refractivity contribution in [2.24, 2.45) is 0 Å². The van der Waals surface area contributed by atoms with Gasteiger partial charge >= 0.3 is 0 Å². The smallest absolute Gasteiger partial charge is 0.272 e. The molecule has 23 heavy (non-hydrogen) atoms. The Kier molecular flexibility index (Phi) is 4.93. The number of nitrogens with one attached hydrogen (secondary N) is 1. The Labute approximate surface area is 143 Å². The number of amides is 2. The fraction of sp³-hybridized carbons (Fsp3) is 0.312. The number of carbonyl (C=O) groups is 2. The van der Waals surface area contributed by atoms with Crippen molar-refractivity contribution in [3.8, 4) is 0 Å². The average molecular weight is 350 g/mol. The molecular weight excluding hydrogens is 334 g/mol. The second-order valence-electron chi connectivity index (χ2n) is 5.41. The summed E-state index contributed by atoms with van der Waals surface area (Å²) in [6.45, 7) is 1.22. The van der Waals surface area contributed by atoms with Crippen LogP contribution in [0.2, 0.25) is 5.02 Å². The summed E-state index contributed by atoms with van der Waals surface area (Å²) in [5.74, 6) is -0.139. The minimum absolute atomic E-state index is 0.0459. The Morgan fingerprint density at radius 1 is 1.26 bits per heavy atom. The fourth-order valence-corrected chi connectivity index (χ4v) is 3.30. The van der Waals surface area contributed by atoms with E-state index in [0.717, 1.165) is 12.8 Å². The maximum atomic E-state index is 12.4. The molecule has 3 rings (SSSR count). The number of hydrogen-bond acceptors (Lipinski definition) is 4. The van der Waals surface area contributed by atoms with E-state index in [1.165, 1.54) is 17.5 Å². The van der Waals surface area contributed by atoms with Gasteiger partial charge in [-0.3, -0.25) is 9.59 Å². The van der Waals surface area contributed by atoms with Crippen molar-refractivity contribution in [2.75, 3.05) is 13.1 Å². The first kappa shape index (κ1) is 16.0. The zero-order valence-corrected chi connectivity index (χ0v) is 13.9. The monoisotopic (exact) mass is 349 g/mol. The molecule has 3 heterocycles.